The Morgan fingerprint density at radius 3 is 2.29 bits per heavy atom. The first-order valence-corrected chi connectivity index (χ1v) is 11.7. The van der Waals surface area contributed by atoms with Crippen molar-refractivity contribution in [3.8, 4) is 0 Å². The Balaban J connectivity index is 1.57. The van der Waals surface area contributed by atoms with E-state index < -0.39 is 11.1 Å². The highest BCUT2D eigenvalue weighted by Crippen LogP contribution is 2.31. The van der Waals surface area contributed by atoms with Crippen molar-refractivity contribution in [2.24, 2.45) is 4.99 Å². The first-order chi connectivity index (χ1) is 16.8. The number of amidine groups is 1. The van der Waals surface area contributed by atoms with Crippen LogP contribution in [0.4, 0.5) is 15.8 Å². The summed E-state index contributed by atoms with van der Waals surface area (Å²) in [5, 5.41) is 2.53. The monoisotopic (exact) mass is 487 g/mol. The topological polar surface area (TPSA) is 78.8 Å². The van der Waals surface area contributed by atoms with Gasteiger partial charge in [-0.1, -0.05) is 42.1 Å². The predicted octanol–water partition coefficient (Wildman–Crippen LogP) is 5.53. The van der Waals surface area contributed by atoms with Gasteiger partial charge in [0.05, 0.1) is 10.9 Å². The third kappa shape index (κ3) is 5.73. The minimum absolute atomic E-state index is 0.0593. The van der Waals surface area contributed by atoms with E-state index in [9.17, 15) is 18.8 Å². The molecule has 0 aliphatic carbocycles. The molecular weight excluding hydrogens is 465 g/mol. The van der Waals surface area contributed by atoms with Gasteiger partial charge in [-0.05, 0) is 74.0 Å². The number of benzene rings is 3. The van der Waals surface area contributed by atoms with Crippen LogP contribution < -0.4 is 10.2 Å². The van der Waals surface area contributed by atoms with Crippen LogP contribution in [0.15, 0.2) is 89.6 Å². The van der Waals surface area contributed by atoms with Crippen LogP contribution in [0.2, 0.25) is 0 Å². The molecule has 176 valence electrons. The predicted molar refractivity (Wildman–Crippen MR) is 138 cm³/mol. The largest absolute Gasteiger partial charge is 0.325 e. The van der Waals surface area contributed by atoms with Gasteiger partial charge in [0.15, 0.2) is 11.0 Å². The molecule has 1 heterocycles. The van der Waals surface area contributed by atoms with Gasteiger partial charge in [-0.2, -0.15) is 0 Å². The smallest absolute Gasteiger partial charge is 0.283 e. The molecule has 1 N–H and O–H groups in total. The standard InChI is InChI=1S/C27H22FN3O3S/c1-17(32)20-8-12-22(13-9-20)29-25(33)18(2)35-27-30-24(16-19-6-4-3-5-7-19)26(34)31(27)23-14-10-21(28)11-15-23/h3-16,18H,1-2H3,(H,29,33)/b24-16-. The second kappa shape index (κ2) is 10.5. The minimum Gasteiger partial charge on any atom is -0.325 e. The molecule has 0 fully saturated rings. The number of carbonyl (C=O) groups is 3. The molecule has 1 atom stereocenters. The van der Waals surface area contributed by atoms with Gasteiger partial charge in [0, 0.05) is 11.3 Å². The van der Waals surface area contributed by atoms with Crippen molar-refractivity contribution in [3.05, 3.63) is 102 Å². The van der Waals surface area contributed by atoms with E-state index in [0.29, 0.717) is 22.1 Å². The number of thioether (sulfide) groups is 1. The average Bonchev–Trinajstić information content (AvgIpc) is 3.14. The van der Waals surface area contributed by atoms with Crippen LogP contribution in [-0.4, -0.2) is 28.0 Å². The van der Waals surface area contributed by atoms with Crippen molar-refractivity contribution in [2.75, 3.05) is 10.2 Å². The maximum atomic E-state index is 13.5. The van der Waals surface area contributed by atoms with Gasteiger partial charge in [-0.15, -0.1) is 0 Å². The summed E-state index contributed by atoms with van der Waals surface area (Å²) in [4.78, 5) is 43.4. The van der Waals surface area contributed by atoms with Crippen molar-refractivity contribution >= 4 is 52.0 Å². The number of nitrogens with one attached hydrogen (secondary N) is 1. The highest BCUT2D eigenvalue weighted by molar-refractivity contribution is 8.15. The Labute approximate surface area is 206 Å². The second-order valence-electron chi connectivity index (χ2n) is 7.83. The highest BCUT2D eigenvalue weighted by atomic mass is 32.2. The van der Waals surface area contributed by atoms with Gasteiger partial charge in [0.25, 0.3) is 5.91 Å². The zero-order chi connectivity index (χ0) is 24.9. The molecule has 2 amide bonds. The number of aliphatic imine (C=N–C) groups is 1. The van der Waals surface area contributed by atoms with Crippen LogP contribution >= 0.6 is 11.8 Å². The van der Waals surface area contributed by atoms with Crippen LogP contribution in [-0.2, 0) is 9.59 Å². The second-order valence-corrected chi connectivity index (χ2v) is 9.14. The summed E-state index contributed by atoms with van der Waals surface area (Å²) in [7, 11) is 0. The van der Waals surface area contributed by atoms with Crippen molar-refractivity contribution in [1.29, 1.82) is 0 Å². The fourth-order valence-electron chi connectivity index (χ4n) is 3.34. The third-order valence-corrected chi connectivity index (χ3v) is 6.28. The molecule has 3 aromatic rings. The van der Waals surface area contributed by atoms with E-state index in [0.717, 1.165) is 17.3 Å². The molecule has 0 bridgehead atoms. The van der Waals surface area contributed by atoms with Gasteiger partial charge >= 0.3 is 0 Å². The highest BCUT2D eigenvalue weighted by Gasteiger charge is 2.34. The van der Waals surface area contributed by atoms with Gasteiger partial charge in [0.1, 0.15) is 11.5 Å². The number of hydrogen-bond donors (Lipinski definition) is 1. The number of hydrogen-bond acceptors (Lipinski definition) is 5. The van der Waals surface area contributed by atoms with Gasteiger partial charge < -0.3 is 5.32 Å². The van der Waals surface area contributed by atoms with Gasteiger partial charge in [-0.3, -0.25) is 19.3 Å². The number of rotatable bonds is 6. The number of anilines is 2. The van der Waals surface area contributed by atoms with Gasteiger partial charge in [0.2, 0.25) is 5.91 Å². The summed E-state index contributed by atoms with van der Waals surface area (Å²) in [6.45, 7) is 3.18. The first-order valence-electron chi connectivity index (χ1n) is 10.9. The molecule has 0 radical (unpaired) electrons. The molecule has 0 spiro atoms. The molecule has 3 aromatic carbocycles. The molecule has 1 unspecified atom stereocenters. The molecule has 6 nitrogen and oxygen atoms in total. The van der Waals surface area contributed by atoms with E-state index >= 15 is 0 Å². The molecule has 4 rings (SSSR count). The van der Waals surface area contributed by atoms with Crippen molar-refractivity contribution in [2.45, 2.75) is 19.1 Å². The summed E-state index contributed by atoms with van der Waals surface area (Å²) < 4.78 is 13.5. The van der Waals surface area contributed by atoms with E-state index in [1.54, 1.807) is 37.3 Å². The zero-order valence-electron chi connectivity index (χ0n) is 19.1. The number of nitrogens with zero attached hydrogens (tertiary/aromatic N) is 2. The van der Waals surface area contributed by atoms with Crippen LogP contribution in [0.1, 0.15) is 29.8 Å². The molecule has 1 aliphatic rings. The summed E-state index contributed by atoms with van der Waals surface area (Å²) in [6.07, 6.45) is 1.67. The minimum atomic E-state index is -0.604. The first kappa shape index (κ1) is 24.1. The van der Waals surface area contributed by atoms with Crippen molar-refractivity contribution in [3.63, 3.8) is 0 Å². The maximum absolute atomic E-state index is 13.5. The molecule has 0 saturated carbocycles. The molecule has 0 saturated heterocycles. The van der Waals surface area contributed by atoms with E-state index in [1.165, 1.54) is 36.1 Å². The van der Waals surface area contributed by atoms with Crippen LogP contribution in [0.5, 0.6) is 0 Å². The Kier molecular flexibility index (Phi) is 7.22. The quantitative estimate of drug-likeness (QED) is 0.366. The summed E-state index contributed by atoms with van der Waals surface area (Å²) in [5.74, 6) is -1.14. The fraction of sp³-hybridized carbons (Fsp3) is 0.111. The molecule has 8 heteroatoms. The Morgan fingerprint density at radius 2 is 1.66 bits per heavy atom. The fourth-order valence-corrected chi connectivity index (χ4v) is 4.27. The Bertz CT molecular complexity index is 1320. The van der Waals surface area contributed by atoms with Crippen molar-refractivity contribution in [1.82, 2.24) is 0 Å². The van der Waals surface area contributed by atoms with E-state index in [1.807, 2.05) is 30.3 Å². The Hall–Kier alpha value is -4.04. The maximum Gasteiger partial charge on any atom is 0.283 e. The molecule has 35 heavy (non-hydrogen) atoms. The van der Waals surface area contributed by atoms with Gasteiger partial charge in [-0.25, -0.2) is 9.38 Å². The third-order valence-electron chi connectivity index (χ3n) is 5.23. The van der Waals surface area contributed by atoms with E-state index in [4.69, 9.17) is 0 Å². The molecular formula is C27H22FN3O3S. The Morgan fingerprint density at radius 1 is 1.00 bits per heavy atom. The SMILES string of the molecule is CC(=O)c1ccc(NC(=O)C(C)SC2=N/C(=C\c3ccccc3)C(=O)N2c2ccc(F)cc2)cc1. The number of ketones is 1. The van der Waals surface area contributed by atoms with Crippen LogP contribution in [0, 0.1) is 5.82 Å². The lowest BCUT2D eigenvalue weighted by Gasteiger charge is -2.20. The lowest BCUT2D eigenvalue weighted by molar-refractivity contribution is -0.115. The van der Waals surface area contributed by atoms with E-state index in [2.05, 4.69) is 10.3 Å². The van der Waals surface area contributed by atoms with Crippen LogP contribution in [0.3, 0.4) is 0 Å². The number of halogens is 1. The van der Waals surface area contributed by atoms with Crippen molar-refractivity contribution < 1.29 is 18.8 Å². The number of amides is 2. The average molecular weight is 488 g/mol. The number of carbonyl (C=O) groups excluding carboxylic acids is 3. The molecule has 1 aliphatic heterocycles. The zero-order valence-corrected chi connectivity index (χ0v) is 19.9. The summed E-state index contributed by atoms with van der Waals surface area (Å²) in [6, 6.07) is 21.5. The number of Topliss-reactive ketones (excluding diaryl/α,β-unsaturated/α-hetero) is 1. The normalized spacial score (nSPS) is 15.2. The van der Waals surface area contributed by atoms with E-state index in [-0.39, 0.29) is 23.3 Å². The van der Waals surface area contributed by atoms with Crippen LogP contribution in [0.25, 0.3) is 6.08 Å². The molecule has 0 aromatic heterocycles. The lowest BCUT2D eigenvalue weighted by Crippen LogP contribution is -2.33. The lowest BCUT2D eigenvalue weighted by atomic mass is 10.1. The summed E-state index contributed by atoms with van der Waals surface area (Å²) in [5.41, 5.74) is 2.58. The summed E-state index contributed by atoms with van der Waals surface area (Å²) >= 11 is 1.12.